The van der Waals surface area contributed by atoms with Crippen LogP contribution in [0.15, 0.2) is 18.2 Å². The van der Waals surface area contributed by atoms with Crippen LogP contribution in [0.3, 0.4) is 0 Å². The van der Waals surface area contributed by atoms with Crippen LogP contribution in [0.1, 0.15) is 23.2 Å². The summed E-state index contributed by atoms with van der Waals surface area (Å²) in [5.41, 5.74) is 0.195. The summed E-state index contributed by atoms with van der Waals surface area (Å²) in [4.78, 5) is 10.9. The standard InChI is InChI=1S/C13H17NO4/c1-17-12-7-9(13(15)16)4-5-11(12)18-10-3-2-6-14-8-10/h4-5,7,10,14H,2-3,6,8H2,1H3,(H,15,16). The summed E-state index contributed by atoms with van der Waals surface area (Å²) in [5.74, 6) is 0.0795. The van der Waals surface area contributed by atoms with Gasteiger partial charge in [-0.05, 0) is 37.6 Å². The van der Waals surface area contributed by atoms with Crippen LogP contribution in [0, 0.1) is 0 Å². The molecule has 0 amide bonds. The fraction of sp³-hybridized carbons (Fsp3) is 0.462. The molecule has 1 atom stereocenters. The van der Waals surface area contributed by atoms with Crippen LogP contribution in [0.25, 0.3) is 0 Å². The Kier molecular flexibility index (Phi) is 4.04. The lowest BCUT2D eigenvalue weighted by molar-refractivity contribution is 0.0696. The summed E-state index contributed by atoms with van der Waals surface area (Å²) in [6.07, 6.45) is 2.19. The number of ether oxygens (including phenoxy) is 2. The number of benzene rings is 1. The topological polar surface area (TPSA) is 67.8 Å². The Labute approximate surface area is 106 Å². The molecule has 0 aromatic heterocycles. The molecule has 1 heterocycles. The van der Waals surface area contributed by atoms with Crippen LogP contribution in [-0.4, -0.2) is 37.4 Å². The average molecular weight is 251 g/mol. The van der Waals surface area contributed by atoms with Gasteiger partial charge in [0.15, 0.2) is 11.5 Å². The highest BCUT2D eigenvalue weighted by Gasteiger charge is 2.17. The van der Waals surface area contributed by atoms with Crippen molar-refractivity contribution in [1.82, 2.24) is 5.32 Å². The largest absolute Gasteiger partial charge is 0.493 e. The van der Waals surface area contributed by atoms with Crippen molar-refractivity contribution in [3.05, 3.63) is 23.8 Å². The van der Waals surface area contributed by atoms with Crippen molar-refractivity contribution in [1.29, 1.82) is 0 Å². The average Bonchev–Trinajstić information content (AvgIpc) is 2.40. The second-order valence-electron chi connectivity index (χ2n) is 4.26. The molecule has 0 radical (unpaired) electrons. The van der Waals surface area contributed by atoms with Crippen molar-refractivity contribution in [3.63, 3.8) is 0 Å². The first-order chi connectivity index (χ1) is 8.70. The first-order valence-electron chi connectivity index (χ1n) is 5.99. The van der Waals surface area contributed by atoms with Gasteiger partial charge in [-0.2, -0.15) is 0 Å². The third kappa shape index (κ3) is 2.92. The van der Waals surface area contributed by atoms with E-state index in [1.807, 2.05) is 0 Å². The number of hydrogen-bond acceptors (Lipinski definition) is 4. The maximum absolute atomic E-state index is 10.9. The number of carbonyl (C=O) groups is 1. The summed E-state index contributed by atoms with van der Waals surface area (Å²) in [7, 11) is 1.51. The third-order valence-corrected chi connectivity index (χ3v) is 2.96. The normalized spacial score (nSPS) is 19.3. The number of rotatable bonds is 4. The zero-order valence-electron chi connectivity index (χ0n) is 10.3. The molecule has 1 aromatic rings. The lowest BCUT2D eigenvalue weighted by atomic mass is 10.1. The number of carboxylic acid groups (broad SMARTS) is 1. The van der Waals surface area contributed by atoms with E-state index in [4.69, 9.17) is 14.6 Å². The smallest absolute Gasteiger partial charge is 0.335 e. The van der Waals surface area contributed by atoms with Gasteiger partial charge in [-0.15, -0.1) is 0 Å². The molecule has 98 valence electrons. The highest BCUT2D eigenvalue weighted by molar-refractivity contribution is 5.88. The Morgan fingerprint density at radius 3 is 2.89 bits per heavy atom. The predicted octanol–water partition coefficient (Wildman–Crippen LogP) is 1.52. The molecule has 0 aliphatic carbocycles. The molecule has 1 aliphatic rings. The van der Waals surface area contributed by atoms with Gasteiger partial charge in [-0.1, -0.05) is 0 Å². The minimum atomic E-state index is -0.973. The van der Waals surface area contributed by atoms with E-state index in [-0.39, 0.29) is 11.7 Å². The highest BCUT2D eigenvalue weighted by atomic mass is 16.5. The van der Waals surface area contributed by atoms with Crippen molar-refractivity contribution in [2.24, 2.45) is 0 Å². The van der Waals surface area contributed by atoms with E-state index in [9.17, 15) is 4.79 Å². The number of methoxy groups -OCH3 is 1. The van der Waals surface area contributed by atoms with Crippen molar-refractivity contribution >= 4 is 5.97 Å². The zero-order valence-corrected chi connectivity index (χ0v) is 10.3. The van der Waals surface area contributed by atoms with Gasteiger partial charge in [-0.25, -0.2) is 4.79 Å². The molecular weight excluding hydrogens is 234 g/mol. The van der Waals surface area contributed by atoms with Crippen LogP contribution in [-0.2, 0) is 0 Å². The van der Waals surface area contributed by atoms with Crippen LogP contribution in [0.5, 0.6) is 11.5 Å². The molecule has 0 spiro atoms. The minimum absolute atomic E-state index is 0.114. The van der Waals surface area contributed by atoms with Crippen molar-refractivity contribution < 1.29 is 19.4 Å². The summed E-state index contributed by atoms with van der Waals surface area (Å²) < 4.78 is 11.0. The van der Waals surface area contributed by atoms with Crippen molar-refractivity contribution in [2.75, 3.05) is 20.2 Å². The van der Waals surface area contributed by atoms with E-state index in [2.05, 4.69) is 5.32 Å². The molecule has 0 saturated carbocycles. The summed E-state index contributed by atoms with van der Waals surface area (Å²) in [5, 5.41) is 12.2. The molecule has 2 rings (SSSR count). The Morgan fingerprint density at radius 2 is 2.28 bits per heavy atom. The number of aromatic carboxylic acids is 1. The van der Waals surface area contributed by atoms with Gasteiger partial charge in [-0.3, -0.25) is 0 Å². The molecule has 5 nitrogen and oxygen atoms in total. The molecular formula is C13H17NO4. The maximum Gasteiger partial charge on any atom is 0.335 e. The number of hydrogen-bond donors (Lipinski definition) is 2. The van der Waals surface area contributed by atoms with Gasteiger partial charge in [0, 0.05) is 6.54 Å². The van der Waals surface area contributed by atoms with E-state index >= 15 is 0 Å². The molecule has 1 unspecified atom stereocenters. The third-order valence-electron chi connectivity index (χ3n) is 2.96. The van der Waals surface area contributed by atoms with Gasteiger partial charge in [0.2, 0.25) is 0 Å². The lowest BCUT2D eigenvalue weighted by Crippen LogP contribution is -2.37. The molecule has 1 aromatic carbocycles. The Morgan fingerprint density at radius 1 is 1.44 bits per heavy atom. The van der Waals surface area contributed by atoms with E-state index in [0.29, 0.717) is 11.5 Å². The van der Waals surface area contributed by atoms with Crippen LogP contribution >= 0.6 is 0 Å². The van der Waals surface area contributed by atoms with Crippen LogP contribution in [0.2, 0.25) is 0 Å². The van der Waals surface area contributed by atoms with Gasteiger partial charge < -0.3 is 19.9 Å². The van der Waals surface area contributed by atoms with E-state index in [1.54, 1.807) is 6.07 Å². The zero-order chi connectivity index (χ0) is 13.0. The minimum Gasteiger partial charge on any atom is -0.493 e. The first-order valence-corrected chi connectivity index (χ1v) is 5.99. The van der Waals surface area contributed by atoms with E-state index < -0.39 is 5.97 Å². The van der Waals surface area contributed by atoms with Gasteiger partial charge in [0.25, 0.3) is 0 Å². The molecule has 1 aliphatic heterocycles. The summed E-state index contributed by atoms with van der Waals surface area (Å²) >= 11 is 0. The van der Waals surface area contributed by atoms with Gasteiger partial charge in [0.05, 0.1) is 12.7 Å². The molecule has 1 fully saturated rings. The fourth-order valence-corrected chi connectivity index (χ4v) is 2.00. The number of carboxylic acids is 1. The molecule has 2 N–H and O–H groups in total. The second-order valence-corrected chi connectivity index (χ2v) is 4.26. The highest BCUT2D eigenvalue weighted by Crippen LogP contribution is 2.29. The molecule has 18 heavy (non-hydrogen) atoms. The lowest BCUT2D eigenvalue weighted by Gasteiger charge is -2.24. The van der Waals surface area contributed by atoms with Gasteiger partial charge >= 0.3 is 5.97 Å². The van der Waals surface area contributed by atoms with E-state index in [0.717, 1.165) is 25.9 Å². The van der Waals surface area contributed by atoms with Gasteiger partial charge in [0.1, 0.15) is 6.10 Å². The predicted molar refractivity (Wildman–Crippen MR) is 66.5 cm³/mol. The fourth-order valence-electron chi connectivity index (χ4n) is 2.00. The van der Waals surface area contributed by atoms with Crippen molar-refractivity contribution in [3.8, 4) is 11.5 Å². The van der Waals surface area contributed by atoms with Crippen LogP contribution in [0.4, 0.5) is 0 Å². The van der Waals surface area contributed by atoms with E-state index in [1.165, 1.54) is 19.2 Å². The molecule has 0 bridgehead atoms. The molecule has 1 saturated heterocycles. The SMILES string of the molecule is COc1cc(C(=O)O)ccc1OC1CCCNC1. The summed E-state index contributed by atoms with van der Waals surface area (Å²) in [6, 6.07) is 4.65. The number of nitrogens with one attached hydrogen (secondary N) is 1. The second kappa shape index (κ2) is 5.73. The van der Waals surface area contributed by atoms with Crippen molar-refractivity contribution in [2.45, 2.75) is 18.9 Å². The first kappa shape index (κ1) is 12.7. The monoisotopic (exact) mass is 251 g/mol. The maximum atomic E-state index is 10.9. The quantitative estimate of drug-likeness (QED) is 0.849. The number of piperidine rings is 1. The molecule has 5 heteroatoms. The summed E-state index contributed by atoms with van der Waals surface area (Å²) in [6.45, 7) is 1.83. The Balaban J connectivity index is 2.13. The Bertz CT molecular complexity index is 427. The van der Waals surface area contributed by atoms with Crippen LogP contribution < -0.4 is 14.8 Å². The Hall–Kier alpha value is -1.75.